The molecule has 6 heteroatoms. The fraction of sp³-hybridized carbons (Fsp3) is 0.500. The van der Waals surface area contributed by atoms with Gasteiger partial charge >= 0.3 is 0 Å². The number of nitrogens with two attached hydrogens (primary N) is 1. The van der Waals surface area contributed by atoms with Crippen molar-refractivity contribution in [2.75, 3.05) is 18.5 Å². The topological polar surface area (TPSA) is 74.7 Å². The summed E-state index contributed by atoms with van der Waals surface area (Å²) in [4.78, 5) is 6.14. The molecule has 1 atom stereocenters. The van der Waals surface area contributed by atoms with Crippen LogP contribution < -0.4 is 10.6 Å². The number of anilines is 1. The van der Waals surface area contributed by atoms with Crippen molar-refractivity contribution in [3.05, 3.63) is 11.6 Å². The van der Waals surface area contributed by atoms with E-state index in [1.54, 1.807) is 17.5 Å². The molecule has 0 aromatic carbocycles. The summed E-state index contributed by atoms with van der Waals surface area (Å²) in [5, 5.41) is 14.3. The largest absolute Gasteiger partial charge is 0.409 e. The summed E-state index contributed by atoms with van der Waals surface area (Å²) in [5.41, 5.74) is 5.47. The van der Waals surface area contributed by atoms with Crippen molar-refractivity contribution in [1.82, 2.24) is 4.98 Å². The summed E-state index contributed by atoms with van der Waals surface area (Å²) in [6.07, 6.45) is 1.75. The quantitative estimate of drug-likeness (QED) is 0.339. The molecule has 0 fully saturated rings. The van der Waals surface area contributed by atoms with Crippen LogP contribution in [-0.4, -0.2) is 29.6 Å². The maximum atomic E-state index is 8.48. The van der Waals surface area contributed by atoms with E-state index >= 15 is 0 Å². The minimum absolute atomic E-state index is 0.00824. The third-order valence-electron chi connectivity index (χ3n) is 1.91. The minimum Gasteiger partial charge on any atom is -0.409 e. The van der Waals surface area contributed by atoms with Crippen LogP contribution in [0.15, 0.2) is 16.7 Å². The Labute approximate surface area is 86.9 Å². The fourth-order valence-corrected chi connectivity index (χ4v) is 1.71. The molecule has 78 valence electrons. The molecule has 1 rings (SSSR count). The highest BCUT2D eigenvalue weighted by Gasteiger charge is 2.12. The third kappa shape index (κ3) is 2.59. The van der Waals surface area contributed by atoms with Crippen molar-refractivity contribution in [3.8, 4) is 0 Å². The van der Waals surface area contributed by atoms with Crippen molar-refractivity contribution in [2.45, 2.75) is 6.92 Å². The van der Waals surface area contributed by atoms with E-state index in [4.69, 9.17) is 10.9 Å². The predicted molar refractivity (Wildman–Crippen MR) is 58.0 cm³/mol. The Morgan fingerprint density at radius 3 is 3.07 bits per heavy atom. The van der Waals surface area contributed by atoms with Gasteiger partial charge in [-0.15, -0.1) is 11.3 Å². The maximum Gasteiger partial charge on any atom is 0.184 e. The number of hydrogen-bond donors (Lipinski definition) is 2. The Morgan fingerprint density at radius 1 is 1.86 bits per heavy atom. The van der Waals surface area contributed by atoms with Crippen LogP contribution in [0.3, 0.4) is 0 Å². The van der Waals surface area contributed by atoms with E-state index in [9.17, 15) is 0 Å². The van der Waals surface area contributed by atoms with E-state index in [1.807, 2.05) is 24.3 Å². The van der Waals surface area contributed by atoms with E-state index in [0.29, 0.717) is 6.54 Å². The monoisotopic (exact) mass is 214 g/mol. The van der Waals surface area contributed by atoms with Gasteiger partial charge in [0.2, 0.25) is 0 Å². The van der Waals surface area contributed by atoms with E-state index < -0.39 is 0 Å². The minimum atomic E-state index is 0.00824. The van der Waals surface area contributed by atoms with Gasteiger partial charge in [-0.05, 0) is 0 Å². The lowest BCUT2D eigenvalue weighted by Crippen LogP contribution is -2.32. The highest BCUT2D eigenvalue weighted by atomic mass is 32.1. The van der Waals surface area contributed by atoms with Gasteiger partial charge < -0.3 is 15.8 Å². The second-order valence-corrected chi connectivity index (χ2v) is 3.99. The van der Waals surface area contributed by atoms with Gasteiger partial charge in [-0.1, -0.05) is 12.1 Å². The molecule has 0 amide bonds. The molecule has 1 unspecified atom stereocenters. The summed E-state index contributed by atoms with van der Waals surface area (Å²) in [6.45, 7) is 2.59. The number of amidine groups is 1. The number of hydrogen-bond acceptors (Lipinski definition) is 5. The Balaban J connectivity index is 2.53. The summed E-state index contributed by atoms with van der Waals surface area (Å²) in [7, 11) is 1.93. The summed E-state index contributed by atoms with van der Waals surface area (Å²) < 4.78 is 0. The molecule has 0 bridgehead atoms. The molecule has 0 aliphatic rings. The molecule has 0 saturated carbocycles. The van der Waals surface area contributed by atoms with Crippen LogP contribution in [0.25, 0.3) is 0 Å². The molecule has 0 radical (unpaired) electrons. The van der Waals surface area contributed by atoms with Crippen LogP contribution in [0.2, 0.25) is 0 Å². The van der Waals surface area contributed by atoms with Gasteiger partial charge in [-0.2, -0.15) is 0 Å². The molecule has 1 aromatic heterocycles. The van der Waals surface area contributed by atoms with Crippen LogP contribution in [0.5, 0.6) is 0 Å². The lowest BCUT2D eigenvalue weighted by atomic mass is 10.1. The van der Waals surface area contributed by atoms with Crippen LogP contribution in [-0.2, 0) is 0 Å². The van der Waals surface area contributed by atoms with Gasteiger partial charge in [-0.3, -0.25) is 0 Å². The van der Waals surface area contributed by atoms with Crippen molar-refractivity contribution in [1.29, 1.82) is 0 Å². The Hall–Kier alpha value is -1.30. The lowest BCUT2D eigenvalue weighted by molar-refractivity contribution is 0.314. The van der Waals surface area contributed by atoms with Gasteiger partial charge in [-0.25, -0.2) is 4.98 Å². The number of thiazole rings is 1. The molecule has 0 spiro atoms. The number of oxime groups is 1. The Bertz CT molecular complexity index is 298. The van der Waals surface area contributed by atoms with E-state index in [-0.39, 0.29) is 11.8 Å². The third-order valence-corrected chi connectivity index (χ3v) is 2.80. The van der Waals surface area contributed by atoms with Crippen molar-refractivity contribution in [2.24, 2.45) is 16.8 Å². The summed E-state index contributed by atoms with van der Waals surface area (Å²) >= 11 is 1.56. The van der Waals surface area contributed by atoms with Gasteiger partial charge in [0.1, 0.15) is 5.84 Å². The smallest absolute Gasteiger partial charge is 0.184 e. The molecule has 14 heavy (non-hydrogen) atoms. The first-order chi connectivity index (χ1) is 6.65. The zero-order chi connectivity index (χ0) is 10.6. The van der Waals surface area contributed by atoms with Crippen LogP contribution in [0.4, 0.5) is 5.13 Å². The zero-order valence-electron chi connectivity index (χ0n) is 8.21. The number of aromatic nitrogens is 1. The van der Waals surface area contributed by atoms with Crippen molar-refractivity contribution in [3.63, 3.8) is 0 Å². The fourth-order valence-electron chi connectivity index (χ4n) is 1.09. The molecule has 1 heterocycles. The molecule has 3 N–H and O–H groups in total. The Kier molecular flexibility index (Phi) is 3.70. The molecule has 0 saturated heterocycles. The zero-order valence-corrected chi connectivity index (χ0v) is 9.03. The first-order valence-corrected chi connectivity index (χ1v) is 5.11. The maximum absolute atomic E-state index is 8.48. The summed E-state index contributed by atoms with van der Waals surface area (Å²) in [5.74, 6) is 0.252. The first-order valence-electron chi connectivity index (χ1n) is 4.23. The molecule has 0 aliphatic heterocycles. The van der Waals surface area contributed by atoms with Gasteiger partial charge in [0.15, 0.2) is 5.13 Å². The average molecular weight is 214 g/mol. The second kappa shape index (κ2) is 4.80. The molecular weight excluding hydrogens is 200 g/mol. The normalized spacial score (nSPS) is 14.0. The van der Waals surface area contributed by atoms with Gasteiger partial charge in [0.25, 0.3) is 0 Å². The molecule has 5 nitrogen and oxygen atoms in total. The predicted octanol–water partition coefficient (Wildman–Crippen LogP) is 0.962. The SMILES string of the molecule is CC(CN(C)c1nccs1)C(N)=NO. The second-order valence-electron chi connectivity index (χ2n) is 3.12. The highest BCUT2D eigenvalue weighted by molar-refractivity contribution is 7.13. The van der Waals surface area contributed by atoms with E-state index in [0.717, 1.165) is 5.13 Å². The first kappa shape index (κ1) is 10.8. The lowest BCUT2D eigenvalue weighted by Gasteiger charge is -2.19. The van der Waals surface area contributed by atoms with Crippen LogP contribution >= 0.6 is 11.3 Å². The number of rotatable bonds is 4. The highest BCUT2D eigenvalue weighted by Crippen LogP contribution is 2.16. The molecular formula is C8H14N4OS. The van der Waals surface area contributed by atoms with Crippen molar-refractivity contribution >= 4 is 22.3 Å². The number of nitrogens with zero attached hydrogens (tertiary/aromatic N) is 3. The standard InChI is InChI=1S/C8H14N4OS/c1-6(7(9)11-13)5-12(2)8-10-3-4-14-8/h3-4,6,13H,5H2,1-2H3,(H2,9,11). The van der Waals surface area contributed by atoms with Gasteiger partial charge in [0.05, 0.1) is 0 Å². The van der Waals surface area contributed by atoms with E-state index in [1.165, 1.54) is 0 Å². The summed E-state index contributed by atoms with van der Waals surface area (Å²) in [6, 6.07) is 0. The molecule has 1 aromatic rings. The molecule has 0 aliphatic carbocycles. The van der Waals surface area contributed by atoms with Gasteiger partial charge in [0, 0.05) is 31.1 Å². The Morgan fingerprint density at radius 2 is 2.57 bits per heavy atom. The van der Waals surface area contributed by atoms with Crippen molar-refractivity contribution < 1.29 is 5.21 Å². The van der Waals surface area contributed by atoms with E-state index in [2.05, 4.69) is 10.1 Å². The van der Waals surface area contributed by atoms with Crippen LogP contribution in [0.1, 0.15) is 6.92 Å². The van der Waals surface area contributed by atoms with Crippen LogP contribution in [0, 0.1) is 5.92 Å². The average Bonchev–Trinajstić information content (AvgIpc) is 2.69.